The highest BCUT2D eigenvalue weighted by molar-refractivity contribution is 9.10. The predicted octanol–water partition coefficient (Wildman–Crippen LogP) is 3.88. The van der Waals surface area contributed by atoms with Gasteiger partial charge < -0.3 is 5.32 Å². The molecule has 1 fully saturated rings. The Morgan fingerprint density at radius 1 is 1.00 bits per heavy atom. The lowest BCUT2D eigenvalue weighted by molar-refractivity contribution is -0.665. The van der Waals surface area contributed by atoms with Gasteiger partial charge in [0.05, 0.1) is 18.1 Å². The molecule has 1 aliphatic heterocycles. The number of hydrogen-bond acceptors (Lipinski definition) is 0. The van der Waals surface area contributed by atoms with Crippen molar-refractivity contribution < 1.29 is 9.71 Å². The van der Waals surface area contributed by atoms with Gasteiger partial charge in [-0.05, 0) is 35.4 Å². The number of rotatable bonds is 2. The van der Waals surface area contributed by atoms with E-state index in [0.717, 1.165) is 36.0 Å². The standard InChI is InChI=1S/C17H16BrClFN/c18-14-4-1-12(2-5-14)17(7-9-21-10-8-17)13-3-6-15(19)16(20)11-13/h1-6,11,21H,7-10H2/p+1. The number of halogens is 3. The molecule has 0 saturated carbocycles. The second-order valence-corrected chi connectivity index (χ2v) is 6.91. The van der Waals surface area contributed by atoms with E-state index < -0.39 is 0 Å². The first-order chi connectivity index (χ1) is 10.1. The van der Waals surface area contributed by atoms with Crippen molar-refractivity contribution in [3.8, 4) is 0 Å². The molecule has 0 atom stereocenters. The molecule has 21 heavy (non-hydrogen) atoms. The monoisotopic (exact) mass is 368 g/mol. The smallest absolute Gasteiger partial charge is 0.142 e. The Labute approximate surface area is 137 Å². The molecular weight excluding hydrogens is 353 g/mol. The fraction of sp³-hybridized carbons (Fsp3) is 0.294. The second-order valence-electron chi connectivity index (χ2n) is 5.58. The predicted molar refractivity (Wildman–Crippen MR) is 87.2 cm³/mol. The summed E-state index contributed by atoms with van der Waals surface area (Å²) in [6, 6.07) is 13.6. The molecule has 2 aromatic rings. The zero-order valence-electron chi connectivity index (χ0n) is 11.6. The highest BCUT2D eigenvalue weighted by atomic mass is 79.9. The third-order valence-corrected chi connectivity index (χ3v) is 5.25. The van der Waals surface area contributed by atoms with Crippen LogP contribution in [0.3, 0.4) is 0 Å². The molecule has 3 rings (SSSR count). The average molecular weight is 370 g/mol. The number of nitrogens with two attached hydrogens (primary N) is 1. The molecule has 0 aliphatic carbocycles. The molecule has 0 radical (unpaired) electrons. The summed E-state index contributed by atoms with van der Waals surface area (Å²) in [5, 5.41) is 2.51. The van der Waals surface area contributed by atoms with Crippen LogP contribution in [0.15, 0.2) is 46.9 Å². The van der Waals surface area contributed by atoms with Gasteiger partial charge >= 0.3 is 0 Å². The van der Waals surface area contributed by atoms with Gasteiger partial charge in [-0.1, -0.05) is 45.7 Å². The molecule has 1 saturated heterocycles. The SMILES string of the molecule is Fc1cc(C2(c3ccc(Br)cc3)CC[NH2+]CC2)ccc1Cl. The Balaban J connectivity index is 2.12. The summed E-state index contributed by atoms with van der Waals surface area (Å²) in [4.78, 5) is 0. The molecule has 1 aliphatic rings. The van der Waals surface area contributed by atoms with Gasteiger partial charge in [-0.15, -0.1) is 0 Å². The minimum atomic E-state index is -0.333. The van der Waals surface area contributed by atoms with E-state index in [-0.39, 0.29) is 16.3 Å². The molecule has 0 bridgehead atoms. The van der Waals surface area contributed by atoms with Crippen molar-refractivity contribution in [3.63, 3.8) is 0 Å². The van der Waals surface area contributed by atoms with Gasteiger partial charge in [0.2, 0.25) is 0 Å². The maximum atomic E-state index is 13.9. The lowest BCUT2D eigenvalue weighted by Gasteiger charge is -2.37. The summed E-state index contributed by atoms with van der Waals surface area (Å²) in [6.07, 6.45) is 2.02. The second kappa shape index (κ2) is 6.07. The van der Waals surface area contributed by atoms with E-state index in [1.165, 1.54) is 5.56 Å². The Morgan fingerprint density at radius 3 is 2.24 bits per heavy atom. The number of quaternary nitrogens is 1. The van der Waals surface area contributed by atoms with Gasteiger partial charge in [-0.25, -0.2) is 4.39 Å². The van der Waals surface area contributed by atoms with Crippen molar-refractivity contribution in [1.82, 2.24) is 0 Å². The molecule has 110 valence electrons. The van der Waals surface area contributed by atoms with Crippen LogP contribution >= 0.6 is 27.5 Å². The summed E-state index contributed by atoms with van der Waals surface area (Å²) >= 11 is 9.33. The van der Waals surface area contributed by atoms with E-state index >= 15 is 0 Å². The van der Waals surface area contributed by atoms with E-state index in [2.05, 4.69) is 45.5 Å². The molecule has 1 nitrogen and oxygen atoms in total. The van der Waals surface area contributed by atoms with Crippen LogP contribution in [0.25, 0.3) is 0 Å². The fourth-order valence-corrected chi connectivity index (χ4v) is 3.65. The molecule has 2 N–H and O–H groups in total. The number of benzene rings is 2. The summed E-state index contributed by atoms with van der Waals surface area (Å²) < 4.78 is 15.0. The highest BCUT2D eigenvalue weighted by Gasteiger charge is 2.37. The van der Waals surface area contributed by atoms with Crippen molar-refractivity contribution >= 4 is 27.5 Å². The minimum Gasteiger partial charge on any atom is -0.346 e. The summed E-state index contributed by atoms with van der Waals surface area (Å²) in [7, 11) is 0. The van der Waals surface area contributed by atoms with Crippen LogP contribution in [0.5, 0.6) is 0 Å². The maximum absolute atomic E-state index is 13.9. The Hall–Kier alpha value is -0.900. The first-order valence-corrected chi connectivity index (χ1v) is 8.32. The Kier molecular flexibility index (Phi) is 4.34. The minimum absolute atomic E-state index is 0.110. The van der Waals surface area contributed by atoms with Crippen molar-refractivity contribution in [2.45, 2.75) is 18.3 Å². The lowest BCUT2D eigenvalue weighted by atomic mass is 9.68. The topological polar surface area (TPSA) is 16.6 Å². The Morgan fingerprint density at radius 2 is 1.62 bits per heavy atom. The van der Waals surface area contributed by atoms with E-state index in [9.17, 15) is 4.39 Å². The lowest BCUT2D eigenvalue weighted by Crippen LogP contribution is -2.87. The van der Waals surface area contributed by atoms with E-state index in [0.29, 0.717) is 0 Å². The normalized spacial score (nSPS) is 17.7. The van der Waals surface area contributed by atoms with Crippen LogP contribution in [-0.4, -0.2) is 13.1 Å². The number of piperidine rings is 1. The third kappa shape index (κ3) is 2.87. The van der Waals surface area contributed by atoms with Crippen LogP contribution in [0, 0.1) is 5.82 Å². The van der Waals surface area contributed by atoms with Crippen LogP contribution in [-0.2, 0) is 5.41 Å². The van der Waals surface area contributed by atoms with Crippen LogP contribution in [0.1, 0.15) is 24.0 Å². The van der Waals surface area contributed by atoms with E-state index in [1.807, 2.05) is 6.07 Å². The molecule has 2 aromatic carbocycles. The third-order valence-electron chi connectivity index (χ3n) is 4.42. The van der Waals surface area contributed by atoms with Crippen LogP contribution in [0.4, 0.5) is 4.39 Å². The zero-order valence-corrected chi connectivity index (χ0v) is 13.9. The van der Waals surface area contributed by atoms with Crippen molar-refractivity contribution in [2.75, 3.05) is 13.1 Å². The van der Waals surface area contributed by atoms with Gasteiger partial charge in [0.25, 0.3) is 0 Å². The summed E-state index contributed by atoms with van der Waals surface area (Å²) in [6.45, 7) is 2.11. The molecule has 0 unspecified atom stereocenters. The fourth-order valence-electron chi connectivity index (χ4n) is 3.27. The molecule has 4 heteroatoms. The largest absolute Gasteiger partial charge is 0.346 e. The van der Waals surface area contributed by atoms with Crippen LogP contribution < -0.4 is 5.32 Å². The average Bonchev–Trinajstić information content (AvgIpc) is 2.51. The molecule has 0 spiro atoms. The molecule has 0 aromatic heterocycles. The first-order valence-electron chi connectivity index (χ1n) is 7.15. The van der Waals surface area contributed by atoms with Crippen LogP contribution in [0.2, 0.25) is 5.02 Å². The van der Waals surface area contributed by atoms with Gasteiger partial charge in [0.1, 0.15) is 5.82 Å². The summed E-state index contributed by atoms with van der Waals surface area (Å²) in [5.74, 6) is -0.333. The highest BCUT2D eigenvalue weighted by Crippen LogP contribution is 2.40. The van der Waals surface area contributed by atoms with Gasteiger partial charge in [0.15, 0.2) is 0 Å². The molecule has 0 amide bonds. The quantitative estimate of drug-likeness (QED) is 0.827. The van der Waals surface area contributed by atoms with Crippen molar-refractivity contribution in [3.05, 3.63) is 68.9 Å². The van der Waals surface area contributed by atoms with Gasteiger partial charge in [-0.3, -0.25) is 0 Å². The van der Waals surface area contributed by atoms with Gasteiger partial charge in [-0.2, -0.15) is 0 Å². The van der Waals surface area contributed by atoms with Crippen molar-refractivity contribution in [1.29, 1.82) is 0 Å². The van der Waals surface area contributed by atoms with E-state index in [1.54, 1.807) is 12.1 Å². The molecule has 1 heterocycles. The number of hydrogen-bond donors (Lipinski definition) is 1. The maximum Gasteiger partial charge on any atom is 0.142 e. The Bertz CT molecular complexity index is 636. The summed E-state index contributed by atoms with van der Waals surface area (Å²) in [5.41, 5.74) is 2.17. The first kappa shape index (κ1) is 15.0. The molecular formula is C17H17BrClFN+. The van der Waals surface area contributed by atoms with Crippen molar-refractivity contribution in [2.24, 2.45) is 0 Å². The van der Waals surface area contributed by atoms with Gasteiger partial charge in [0, 0.05) is 22.7 Å². The zero-order chi connectivity index (χ0) is 14.9. The van der Waals surface area contributed by atoms with E-state index in [4.69, 9.17) is 11.6 Å².